The Kier molecular flexibility index (Phi) is 3.85. The molecule has 3 aromatic rings. The topological polar surface area (TPSA) is 80.7 Å². The number of carbonyl (C=O) groups is 1. The van der Waals surface area contributed by atoms with Gasteiger partial charge in [-0.05, 0) is 41.1 Å². The van der Waals surface area contributed by atoms with Crippen LogP contribution in [0.5, 0.6) is 5.75 Å². The molecule has 0 amide bonds. The summed E-state index contributed by atoms with van der Waals surface area (Å²) >= 11 is 0. The van der Waals surface area contributed by atoms with Crippen LogP contribution in [0.15, 0.2) is 71.6 Å². The Labute approximate surface area is 132 Å². The van der Waals surface area contributed by atoms with E-state index in [0.717, 1.165) is 16.8 Å². The quantitative estimate of drug-likeness (QED) is 0.453. The van der Waals surface area contributed by atoms with Gasteiger partial charge in [0.15, 0.2) is 0 Å². The highest BCUT2D eigenvalue weighted by Gasteiger charge is 2.14. The van der Waals surface area contributed by atoms with Crippen LogP contribution in [0.1, 0.15) is 10.4 Å². The van der Waals surface area contributed by atoms with Gasteiger partial charge in [-0.25, -0.2) is 4.79 Å². The zero-order valence-electron chi connectivity index (χ0n) is 11.8. The molecular formula is C17H12O5S. The molecule has 3 rings (SSSR count). The molecule has 0 saturated heterocycles. The van der Waals surface area contributed by atoms with E-state index in [-0.39, 0.29) is 10.5 Å². The normalized spacial score (nSPS) is 11.3. The summed E-state index contributed by atoms with van der Waals surface area (Å²) in [7, 11) is -4.37. The molecule has 0 bridgehead atoms. The maximum Gasteiger partial charge on any atom is 0.343 e. The van der Waals surface area contributed by atoms with Gasteiger partial charge in [0.25, 0.3) is 10.1 Å². The molecule has 0 atom stereocenters. The summed E-state index contributed by atoms with van der Waals surface area (Å²) in [6.45, 7) is 0. The highest BCUT2D eigenvalue weighted by Crippen LogP contribution is 2.22. The van der Waals surface area contributed by atoms with Gasteiger partial charge >= 0.3 is 5.97 Å². The molecule has 3 aromatic carbocycles. The van der Waals surface area contributed by atoms with E-state index in [9.17, 15) is 13.2 Å². The number of fused-ring (bicyclic) bond motifs is 1. The molecule has 0 aromatic heterocycles. The van der Waals surface area contributed by atoms with Crippen molar-refractivity contribution in [3.8, 4) is 5.75 Å². The molecule has 0 heterocycles. The molecule has 0 fully saturated rings. The molecule has 0 aliphatic carbocycles. The minimum atomic E-state index is -4.37. The average molecular weight is 328 g/mol. The van der Waals surface area contributed by atoms with E-state index in [2.05, 4.69) is 0 Å². The van der Waals surface area contributed by atoms with Crippen LogP contribution in [0.2, 0.25) is 0 Å². The van der Waals surface area contributed by atoms with Crippen LogP contribution in [0.3, 0.4) is 0 Å². The second-order valence-electron chi connectivity index (χ2n) is 4.90. The minimum Gasteiger partial charge on any atom is -0.423 e. The van der Waals surface area contributed by atoms with E-state index in [1.807, 2.05) is 30.3 Å². The van der Waals surface area contributed by atoms with E-state index in [1.54, 1.807) is 12.1 Å². The lowest BCUT2D eigenvalue weighted by Gasteiger charge is -2.06. The fourth-order valence-electron chi connectivity index (χ4n) is 2.18. The molecule has 5 nitrogen and oxygen atoms in total. The van der Waals surface area contributed by atoms with Gasteiger partial charge in [-0.15, -0.1) is 0 Å². The van der Waals surface area contributed by atoms with Crippen LogP contribution in [-0.2, 0) is 10.1 Å². The second kappa shape index (κ2) is 5.83. The van der Waals surface area contributed by atoms with Crippen molar-refractivity contribution >= 4 is 26.9 Å². The van der Waals surface area contributed by atoms with Crippen LogP contribution < -0.4 is 4.74 Å². The molecule has 0 saturated carbocycles. The predicted octanol–water partition coefficient (Wildman–Crippen LogP) is 3.31. The van der Waals surface area contributed by atoms with Crippen molar-refractivity contribution in [3.05, 3.63) is 72.3 Å². The first-order chi connectivity index (χ1) is 10.9. The summed E-state index contributed by atoms with van der Waals surface area (Å²) in [5.41, 5.74) is 0.0354. The summed E-state index contributed by atoms with van der Waals surface area (Å²) in [6, 6.07) is 17.9. The fourth-order valence-corrected chi connectivity index (χ4v) is 2.71. The molecule has 23 heavy (non-hydrogen) atoms. The van der Waals surface area contributed by atoms with E-state index in [1.165, 1.54) is 18.2 Å². The first-order valence-electron chi connectivity index (χ1n) is 6.72. The fraction of sp³-hybridized carbons (Fsp3) is 0. The number of ether oxygens (including phenoxy) is 1. The Morgan fingerprint density at radius 1 is 0.870 bits per heavy atom. The molecule has 0 spiro atoms. The van der Waals surface area contributed by atoms with Crippen LogP contribution in [0.25, 0.3) is 10.8 Å². The Morgan fingerprint density at radius 3 is 2.35 bits per heavy atom. The third-order valence-electron chi connectivity index (χ3n) is 3.30. The van der Waals surface area contributed by atoms with Gasteiger partial charge in [-0.2, -0.15) is 8.42 Å². The molecule has 1 N–H and O–H groups in total. The first-order valence-corrected chi connectivity index (χ1v) is 8.16. The lowest BCUT2D eigenvalue weighted by atomic mass is 10.1. The lowest BCUT2D eigenvalue weighted by molar-refractivity contribution is 0.0734. The van der Waals surface area contributed by atoms with Crippen LogP contribution in [0.4, 0.5) is 0 Å². The highest BCUT2D eigenvalue weighted by atomic mass is 32.2. The third-order valence-corrected chi connectivity index (χ3v) is 4.15. The molecule has 0 radical (unpaired) electrons. The summed E-state index contributed by atoms with van der Waals surface area (Å²) in [5.74, 6) is -0.350. The van der Waals surface area contributed by atoms with Crippen molar-refractivity contribution in [2.45, 2.75) is 4.90 Å². The number of hydrogen-bond acceptors (Lipinski definition) is 4. The first kappa shape index (κ1) is 15.2. The monoisotopic (exact) mass is 328 g/mol. The van der Waals surface area contributed by atoms with Gasteiger partial charge in [0, 0.05) is 0 Å². The van der Waals surface area contributed by atoms with Crippen molar-refractivity contribution in [1.82, 2.24) is 0 Å². The third kappa shape index (κ3) is 3.39. The van der Waals surface area contributed by atoms with Crippen LogP contribution >= 0.6 is 0 Å². The van der Waals surface area contributed by atoms with Gasteiger partial charge in [-0.3, -0.25) is 4.55 Å². The Hall–Kier alpha value is -2.70. The van der Waals surface area contributed by atoms with E-state index in [0.29, 0.717) is 5.75 Å². The number of benzene rings is 3. The van der Waals surface area contributed by atoms with Crippen molar-refractivity contribution in [3.63, 3.8) is 0 Å². The Balaban J connectivity index is 1.88. The van der Waals surface area contributed by atoms with Crippen LogP contribution in [-0.4, -0.2) is 18.9 Å². The van der Waals surface area contributed by atoms with Gasteiger partial charge in [0.05, 0.1) is 10.5 Å². The van der Waals surface area contributed by atoms with Crippen molar-refractivity contribution in [2.75, 3.05) is 0 Å². The van der Waals surface area contributed by atoms with Crippen molar-refractivity contribution in [2.24, 2.45) is 0 Å². The van der Waals surface area contributed by atoms with Gasteiger partial charge in [0.2, 0.25) is 0 Å². The zero-order valence-corrected chi connectivity index (χ0v) is 12.7. The smallest absolute Gasteiger partial charge is 0.343 e. The minimum absolute atomic E-state index is 0.0354. The predicted molar refractivity (Wildman–Crippen MR) is 85.2 cm³/mol. The summed E-state index contributed by atoms with van der Waals surface area (Å²) in [6.07, 6.45) is 0. The maximum atomic E-state index is 12.1. The molecule has 0 aliphatic rings. The van der Waals surface area contributed by atoms with Crippen LogP contribution in [0, 0.1) is 0 Å². The molecule has 116 valence electrons. The average Bonchev–Trinajstić information content (AvgIpc) is 2.54. The van der Waals surface area contributed by atoms with E-state index >= 15 is 0 Å². The lowest BCUT2D eigenvalue weighted by Crippen LogP contribution is -2.09. The van der Waals surface area contributed by atoms with Gasteiger partial charge < -0.3 is 4.74 Å². The number of carbonyl (C=O) groups excluding carboxylic acids is 1. The highest BCUT2D eigenvalue weighted by molar-refractivity contribution is 7.85. The summed E-state index contributed by atoms with van der Waals surface area (Å²) in [4.78, 5) is 11.8. The summed E-state index contributed by atoms with van der Waals surface area (Å²) in [5, 5.41) is 1.94. The number of esters is 1. The van der Waals surface area contributed by atoms with E-state index < -0.39 is 16.1 Å². The molecule has 0 aliphatic heterocycles. The number of rotatable bonds is 3. The Bertz CT molecular complexity index is 993. The number of hydrogen-bond donors (Lipinski definition) is 1. The standard InChI is InChI=1S/C17H12O5S/c18-17(14-6-3-7-16(11-14)23(19,20)21)22-15-9-8-12-4-1-2-5-13(12)10-15/h1-11H,(H,19,20,21). The summed E-state index contributed by atoms with van der Waals surface area (Å²) < 4.78 is 36.5. The van der Waals surface area contributed by atoms with Crippen molar-refractivity contribution in [1.29, 1.82) is 0 Å². The van der Waals surface area contributed by atoms with Crippen molar-refractivity contribution < 1.29 is 22.5 Å². The van der Waals surface area contributed by atoms with Gasteiger partial charge in [-0.1, -0.05) is 36.4 Å². The second-order valence-corrected chi connectivity index (χ2v) is 6.32. The van der Waals surface area contributed by atoms with Gasteiger partial charge in [0.1, 0.15) is 5.75 Å². The zero-order chi connectivity index (χ0) is 16.4. The SMILES string of the molecule is O=C(Oc1ccc2ccccc2c1)c1cccc(S(=O)(=O)O)c1. The van der Waals surface area contributed by atoms with E-state index in [4.69, 9.17) is 9.29 Å². The molecule has 6 heteroatoms. The largest absolute Gasteiger partial charge is 0.423 e. The molecular weight excluding hydrogens is 316 g/mol. The maximum absolute atomic E-state index is 12.1. The Morgan fingerprint density at radius 2 is 1.61 bits per heavy atom. The molecule has 0 unspecified atom stereocenters.